The van der Waals surface area contributed by atoms with Gasteiger partial charge in [0.15, 0.2) is 11.6 Å². The molecule has 0 bridgehead atoms. The largest absolute Gasteiger partial charge is 0.364 e. The van der Waals surface area contributed by atoms with Gasteiger partial charge in [-0.25, -0.2) is 8.78 Å². The van der Waals surface area contributed by atoms with Crippen LogP contribution in [0.4, 0.5) is 8.78 Å². The molecule has 2 rings (SSSR count). The van der Waals surface area contributed by atoms with Crippen molar-refractivity contribution >= 4 is 18.3 Å². The fraction of sp³-hybridized carbons (Fsp3) is 0.462. The number of carbonyl (C=O) groups is 1. The highest BCUT2D eigenvalue weighted by molar-refractivity contribution is 5.85. The minimum Gasteiger partial charge on any atom is -0.364 e. The number of carbonyl (C=O) groups excluding carboxylic acids is 1. The van der Waals surface area contributed by atoms with E-state index in [-0.39, 0.29) is 31.0 Å². The average molecular weight is 307 g/mol. The molecule has 2 atom stereocenters. The summed E-state index contributed by atoms with van der Waals surface area (Å²) in [5.74, 6) is -2.08. The standard InChI is InChI=1S/C13H16F2N2O2.ClH/c14-10-3-1-8(5-11(10)15)7-17-13(18)12-4-2-9(6-16)19-12;/h1,3,5,9,12H,2,4,6-7,16H2,(H,17,18);1H/t9-,12+;/m1./s1. The quantitative estimate of drug-likeness (QED) is 0.886. The van der Waals surface area contributed by atoms with Crippen molar-refractivity contribution in [3.8, 4) is 0 Å². The van der Waals surface area contributed by atoms with E-state index in [2.05, 4.69) is 5.32 Å². The number of hydrogen-bond acceptors (Lipinski definition) is 3. The first-order valence-electron chi connectivity index (χ1n) is 6.17. The van der Waals surface area contributed by atoms with Crippen LogP contribution in [0.5, 0.6) is 0 Å². The summed E-state index contributed by atoms with van der Waals surface area (Å²) in [4.78, 5) is 11.8. The lowest BCUT2D eigenvalue weighted by atomic mass is 10.1. The van der Waals surface area contributed by atoms with Crippen LogP contribution in [-0.2, 0) is 16.1 Å². The van der Waals surface area contributed by atoms with Gasteiger partial charge in [-0.2, -0.15) is 0 Å². The minimum atomic E-state index is -0.924. The van der Waals surface area contributed by atoms with Crippen LogP contribution in [0.1, 0.15) is 18.4 Å². The Kier molecular flexibility index (Phi) is 6.32. The third kappa shape index (κ3) is 4.13. The zero-order valence-corrected chi connectivity index (χ0v) is 11.6. The van der Waals surface area contributed by atoms with Crippen molar-refractivity contribution in [2.45, 2.75) is 31.6 Å². The van der Waals surface area contributed by atoms with E-state index < -0.39 is 17.7 Å². The summed E-state index contributed by atoms with van der Waals surface area (Å²) in [6.45, 7) is 0.538. The lowest BCUT2D eigenvalue weighted by Crippen LogP contribution is -2.35. The predicted octanol–water partition coefficient (Wildman–Crippen LogP) is 1.51. The maximum absolute atomic E-state index is 13.0. The van der Waals surface area contributed by atoms with E-state index in [1.165, 1.54) is 6.07 Å². The molecule has 1 aliphatic rings. The minimum absolute atomic E-state index is 0. The topological polar surface area (TPSA) is 64.4 Å². The number of benzene rings is 1. The van der Waals surface area contributed by atoms with Crippen molar-refractivity contribution in [3.63, 3.8) is 0 Å². The van der Waals surface area contributed by atoms with Crippen molar-refractivity contribution in [2.24, 2.45) is 5.73 Å². The first-order chi connectivity index (χ1) is 9.10. The molecule has 1 saturated heterocycles. The van der Waals surface area contributed by atoms with Crippen molar-refractivity contribution < 1.29 is 18.3 Å². The Morgan fingerprint density at radius 3 is 2.70 bits per heavy atom. The number of hydrogen-bond donors (Lipinski definition) is 2. The highest BCUT2D eigenvalue weighted by Gasteiger charge is 2.29. The number of nitrogens with two attached hydrogens (primary N) is 1. The number of ether oxygens (including phenoxy) is 1. The van der Waals surface area contributed by atoms with Crippen LogP contribution in [0.3, 0.4) is 0 Å². The molecule has 1 aromatic rings. The zero-order valence-electron chi connectivity index (χ0n) is 10.8. The van der Waals surface area contributed by atoms with Crippen LogP contribution in [0.25, 0.3) is 0 Å². The van der Waals surface area contributed by atoms with Gasteiger partial charge in [0, 0.05) is 13.1 Å². The van der Waals surface area contributed by atoms with Gasteiger partial charge < -0.3 is 15.8 Å². The fourth-order valence-electron chi connectivity index (χ4n) is 2.02. The summed E-state index contributed by atoms with van der Waals surface area (Å²) in [5, 5.41) is 2.64. The Hall–Kier alpha value is -1.24. The number of nitrogens with one attached hydrogen (secondary N) is 1. The maximum Gasteiger partial charge on any atom is 0.249 e. The molecule has 1 fully saturated rings. The SMILES string of the molecule is Cl.NC[C@H]1CC[C@@H](C(=O)NCc2ccc(F)c(F)c2)O1. The van der Waals surface area contributed by atoms with Gasteiger partial charge in [-0.05, 0) is 30.5 Å². The molecule has 0 aliphatic carbocycles. The molecule has 0 unspecified atom stereocenters. The number of amides is 1. The van der Waals surface area contributed by atoms with E-state index in [1.54, 1.807) is 0 Å². The van der Waals surface area contributed by atoms with E-state index in [4.69, 9.17) is 10.5 Å². The molecule has 4 nitrogen and oxygen atoms in total. The van der Waals surface area contributed by atoms with Gasteiger partial charge in [0.2, 0.25) is 5.91 Å². The lowest BCUT2D eigenvalue weighted by Gasteiger charge is -2.12. The monoisotopic (exact) mass is 306 g/mol. The Morgan fingerprint density at radius 1 is 1.35 bits per heavy atom. The van der Waals surface area contributed by atoms with Crippen molar-refractivity contribution in [1.82, 2.24) is 5.32 Å². The van der Waals surface area contributed by atoms with Gasteiger partial charge in [0.1, 0.15) is 6.10 Å². The molecule has 3 N–H and O–H groups in total. The normalized spacial score (nSPS) is 21.4. The summed E-state index contributed by atoms with van der Waals surface area (Å²) in [6.07, 6.45) is 0.823. The highest BCUT2D eigenvalue weighted by Crippen LogP contribution is 2.19. The van der Waals surface area contributed by atoms with Crippen LogP contribution >= 0.6 is 12.4 Å². The molecule has 1 amide bonds. The maximum atomic E-state index is 13.0. The molecule has 1 heterocycles. The third-order valence-corrected chi connectivity index (χ3v) is 3.11. The Morgan fingerprint density at radius 2 is 2.10 bits per heavy atom. The molecule has 20 heavy (non-hydrogen) atoms. The summed E-state index contributed by atoms with van der Waals surface area (Å²) < 4.78 is 31.1. The Labute approximate surface area is 122 Å². The van der Waals surface area contributed by atoms with E-state index in [0.29, 0.717) is 18.5 Å². The second-order valence-corrected chi connectivity index (χ2v) is 4.53. The van der Waals surface area contributed by atoms with E-state index >= 15 is 0 Å². The predicted molar refractivity (Wildman–Crippen MR) is 72.4 cm³/mol. The van der Waals surface area contributed by atoms with Crippen molar-refractivity contribution in [2.75, 3.05) is 6.54 Å². The first kappa shape index (κ1) is 16.8. The van der Waals surface area contributed by atoms with E-state index in [0.717, 1.165) is 18.6 Å². The molecule has 7 heteroatoms. The molecule has 1 aliphatic heterocycles. The summed E-state index contributed by atoms with van der Waals surface area (Å²) in [5.41, 5.74) is 5.96. The van der Waals surface area contributed by atoms with Gasteiger partial charge in [-0.15, -0.1) is 12.4 Å². The zero-order chi connectivity index (χ0) is 13.8. The number of halogens is 3. The van der Waals surface area contributed by atoms with Crippen LogP contribution < -0.4 is 11.1 Å². The lowest BCUT2D eigenvalue weighted by molar-refractivity contribution is -0.132. The van der Waals surface area contributed by atoms with E-state index in [1.807, 2.05) is 0 Å². The third-order valence-electron chi connectivity index (χ3n) is 3.11. The Bertz CT molecular complexity index is 474. The summed E-state index contributed by atoms with van der Waals surface area (Å²) in [6, 6.07) is 3.53. The second kappa shape index (κ2) is 7.52. The van der Waals surface area contributed by atoms with Crippen LogP contribution in [0.15, 0.2) is 18.2 Å². The molecule has 112 valence electrons. The fourth-order valence-corrected chi connectivity index (χ4v) is 2.02. The average Bonchev–Trinajstić information content (AvgIpc) is 2.88. The summed E-state index contributed by atoms with van der Waals surface area (Å²) >= 11 is 0. The second-order valence-electron chi connectivity index (χ2n) is 4.53. The molecule has 0 aromatic heterocycles. The molecule has 0 spiro atoms. The van der Waals surface area contributed by atoms with Gasteiger partial charge in [0.25, 0.3) is 0 Å². The Balaban J connectivity index is 0.00000200. The molecular weight excluding hydrogens is 290 g/mol. The highest BCUT2D eigenvalue weighted by atomic mass is 35.5. The molecule has 0 saturated carbocycles. The van der Waals surface area contributed by atoms with Gasteiger partial charge in [-0.3, -0.25) is 4.79 Å². The summed E-state index contributed by atoms with van der Waals surface area (Å²) in [7, 11) is 0. The molecular formula is C13H17ClF2N2O2. The van der Waals surface area contributed by atoms with Crippen molar-refractivity contribution in [3.05, 3.63) is 35.4 Å². The number of rotatable bonds is 4. The van der Waals surface area contributed by atoms with Crippen molar-refractivity contribution in [1.29, 1.82) is 0 Å². The van der Waals surface area contributed by atoms with Crippen LogP contribution in [0, 0.1) is 11.6 Å². The van der Waals surface area contributed by atoms with E-state index in [9.17, 15) is 13.6 Å². The smallest absolute Gasteiger partial charge is 0.249 e. The van der Waals surface area contributed by atoms with Gasteiger partial charge in [-0.1, -0.05) is 6.07 Å². The molecule has 0 radical (unpaired) electrons. The first-order valence-corrected chi connectivity index (χ1v) is 6.17. The van der Waals surface area contributed by atoms with Crippen LogP contribution in [0.2, 0.25) is 0 Å². The molecule has 1 aromatic carbocycles. The van der Waals surface area contributed by atoms with Gasteiger partial charge in [0.05, 0.1) is 6.10 Å². The van der Waals surface area contributed by atoms with Gasteiger partial charge >= 0.3 is 0 Å². The van der Waals surface area contributed by atoms with Crippen LogP contribution in [-0.4, -0.2) is 24.7 Å².